The number of hydrogen-bond acceptors (Lipinski definition) is 3. The van der Waals surface area contributed by atoms with E-state index in [1.165, 1.54) is 24.8 Å². The van der Waals surface area contributed by atoms with Gasteiger partial charge in [0.15, 0.2) is 5.78 Å². The van der Waals surface area contributed by atoms with Crippen molar-refractivity contribution in [2.45, 2.75) is 64.3 Å². The van der Waals surface area contributed by atoms with Crippen molar-refractivity contribution in [3.05, 3.63) is 34.4 Å². The standard InChI is InChI=1S/C24H31ClN2O/c1-23(2)13-17-7-19(25)21(26-3)8-18(17)20(27-23)9-22(28)24-10-14-4-15(11-24)6-16(5-14)12-24/h7-9,14-16,26-27H,4-6,10-13H2,1-3H3/b20-9-. The lowest BCUT2D eigenvalue weighted by Crippen LogP contribution is -2.50. The number of rotatable bonds is 3. The van der Waals surface area contributed by atoms with Crippen LogP contribution in [0.4, 0.5) is 5.69 Å². The topological polar surface area (TPSA) is 41.1 Å². The van der Waals surface area contributed by atoms with Gasteiger partial charge in [-0.2, -0.15) is 0 Å². The third kappa shape index (κ3) is 2.98. The summed E-state index contributed by atoms with van der Waals surface area (Å²) < 4.78 is 0. The Morgan fingerprint density at radius 1 is 1.14 bits per heavy atom. The van der Waals surface area contributed by atoms with Crippen LogP contribution in [0, 0.1) is 23.2 Å². The molecule has 4 heteroatoms. The minimum atomic E-state index is -0.0938. The van der Waals surface area contributed by atoms with Crippen LogP contribution in [-0.4, -0.2) is 18.4 Å². The molecule has 0 saturated heterocycles. The number of hydrogen-bond donors (Lipinski definition) is 2. The molecule has 4 saturated carbocycles. The van der Waals surface area contributed by atoms with E-state index in [4.69, 9.17) is 11.6 Å². The van der Waals surface area contributed by atoms with Gasteiger partial charge in [-0.05, 0) is 94.2 Å². The van der Waals surface area contributed by atoms with Gasteiger partial charge in [-0.1, -0.05) is 11.6 Å². The van der Waals surface area contributed by atoms with Crippen molar-refractivity contribution >= 4 is 28.8 Å². The second-order valence-electron chi connectivity index (χ2n) is 10.5. The zero-order chi connectivity index (χ0) is 19.7. The number of nitrogens with one attached hydrogen (secondary N) is 2. The molecule has 1 aromatic carbocycles. The van der Waals surface area contributed by atoms with Gasteiger partial charge in [-0.15, -0.1) is 0 Å². The van der Waals surface area contributed by atoms with Gasteiger partial charge < -0.3 is 10.6 Å². The monoisotopic (exact) mass is 398 g/mol. The Morgan fingerprint density at radius 2 is 1.75 bits per heavy atom. The zero-order valence-electron chi connectivity index (χ0n) is 17.2. The van der Waals surface area contributed by atoms with Gasteiger partial charge >= 0.3 is 0 Å². The number of carbonyl (C=O) groups is 1. The van der Waals surface area contributed by atoms with Crippen LogP contribution in [0.5, 0.6) is 0 Å². The van der Waals surface area contributed by atoms with Crippen molar-refractivity contribution in [3.63, 3.8) is 0 Å². The van der Waals surface area contributed by atoms with E-state index in [0.29, 0.717) is 5.78 Å². The first kappa shape index (κ1) is 18.5. The first-order valence-corrected chi connectivity index (χ1v) is 11.2. The molecular formula is C24H31ClN2O. The smallest absolute Gasteiger partial charge is 0.163 e. The summed E-state index contributed by atoms with van der Waals surface area (Å²) in [6, 6.07) is 4.16. The van der Waals surface area contributed by atoms with E-state index in [2.05, 4.69) is 36.6 Å². The lowest BCUT2D eigenvalue weighted by Gasteiger charge is -2.55. The van der Waals surface area contributed by atoms with Crippen molar-refractivity contribution in [2.75, 3.05) is 12.4 Å². The quantitative estimate of drug-likeness (QED) is 0.666. The molecule has 0 unspecified atom stereocenters. The van der Waals surface area contributed by atoms with E-state index in [0.717, 1.165) is 65.4 Å². The minimum Gasteiger partial charge on any atom is -0.387 e. The molecule has 6 rings (SSSR count). The third-order valence-corrected chi connectivity index (χ3v) is 8.01. The number of anilines is 1. The number of ketones is 1. The first-order valence-electron chi connectivity index (χ1n) is 10.8. The van der Waals surface area contributed by atoms with Crippen molar-refractivity contribution in [2.24, 2.45) is 23.2 Å². The fourth-order valence-corrected chi connectivity index (χ4v) is 7.25. The number of carbonyl (C=O) groups excluding carboxylic acids is 1. The highest BCUT2D eigenvalue weighted by Crippen LogP contribution is 2.60. The van der Waals surface area contributed by atoms with E-state index < -0.39 is 0 Å². The zero-order valence-corrected chi connectivity index (χ0v) is 18.0. The maximum absolute atomic E-state index is 13.6. The summed E-state index contributed by atoms with van der Waals surface area (Å²) in [7, 11) is 1.89. The SMILES string of the molecule is CNc1cc2c(cc1Cl)CC(C)(C)N/C2=C\C(=O)C12CC3CC(CC(C3)C1)C2. The van der Waals surface area contributed by atoms with Gasteiger partial charge in [-0.25, -0.2) is 0 Å². The highest BCUT2D eigenvalue weighted by molar-refractivity contribution is 6.33. The molecule has 1 aromatic rings. The van der Waals surface area contributed by atoms with Crippen LogP contribution in [0.2, 0.25) is 5.02 Å². The number of fused-ring (bicyclic) bond motifs is 1. The Bertz CT molecular complexity index is 834. The summed E-state index contributed by atoms with van der Waals surface area (Å²) in [6.07, 6.45) is 10.3. The van der Waals surface area contributed by atoms with Crippen LogP contribution in [0.3, 0.4) is 0 Å². The van der Waals surface area contributed by atoms with Gasteiger partial charge in [0.1, 0.15) is 0 Å². The summed E-state index contributed by atoms with van der Waals surface area (Å²) in [5, 5.41) is 7.57. The maximum Gasteiger partial charge on any atom is 0.163 e. The summed E-state index contributed by atoms with van der Waals surface area (Å²) in [4.78, 5) is 13.6. The van der Waals surface area contributed by atoms with Crippen LogP contribution in [-0.2, 0) is 11.2 Å². The van der Waals surface area contributed by atoms with Crippen LogP contribution >= 0.6 is 11.6 Å². The van der Waals surface area contributed by atoms with Gasteiger partial charge in [0.25, 0.3) is 0 Å². The van der Waals surface area contributed by atoms with Gasteiger partial charge in [0, 0.05) is 35.3 Å². The molecular weight excluding hydrogens is 368 g/mol. The molecule has 0 spiro atoms. The van der Waals surface area contributed by atoms with Crippen molar-refractivity contribution in [1.82, 2.24) is 5.32 Å². The minimum absolute atomic E-state index is 0.0922. The molecule has 3 nitrogen and oxygen atoms in total. The average molecular weight is 399 g/mol. The van der Waals surface area contributed by atoms with Crippen molar-refractivity contribution < 1.29 is 4.79 Å². The lowest BCUT2D eigenvalue weighted by molar-refractivity contribution is -0.138. The van der Waals surface area contributed by atoms with Gasteiger partial charge in [0.05, 0.1) is 10.7 Å². The van der Waals surface area contributed by atoms with Crippen molar-refractivity contribution in [3.8, 4) is 0 Å². The fraction of sp³-hybridized carbons (Fsp3) is 0.625. The van der Waals surface area contributed by atoms with Crippen LogP contribution in [0.15, 0.2) is 18.2 Å². The Labute approximate surface area is 173 Å². The summed E-state index contributed by atoms with van der Waals surface area (Å²) in [6.45, 7) is 4.39. The Morgan fingerprint density at radius 3 is 2.32 bits per heavy atom. The van der Waals surface area contributed by atoms with Crippen molar-refractivity contribution in [1.29, 1.82) is 0 Å². The van der Waals surface area contributed by atoms with E-state index in [1.807, 2.05) is 13.1 Å². The van der Waals surface area contributed by atoms with E-state index in [9.17, 15) is 4.79 Å². The summed E-state index contributed by atoms with van der Waals surface area (Å²) in [5.74, 6) is 2.71. The molecule has 0 radical (unpaired) electrons. The lowest BCUT2D eigenvalue weighted by atomic mass is 9.48. The summed E-state index contributed by atoms with van der Waals surface area (Å²) >= 11 is 6.45. The molecule has 1 aliphatic heterocycles. The van der Waals surface area contributed by atoms with Crippen LogP contribution in [0.1, 0.15) is 63.5 Å². The number of halogens is 1. The first-order chi connectivity index (χ1) is 13.3. The van der Waals surface area contributed by atoms with E-state index in [1.54, 1.807) is 0 Å². The molecule has 1 heterocycles. The average Bonchev–Trinajstić information content (AvgIpc) is 2.59. The number of allylic oxidation sites excluding steroid dienone is 1. The normalized spacial score (nSPS) is 36.1. The fourth-order valence-electron chi connectivity index (χ4n) is 6.97. The molecule has 150 valence electrons. The molecule has 5 aliphatic rings. The van der Waals surface area contributed by atoms with Gasteiger partial charge in [-0.3, -0.25) is 4.79 Å². The Hall–Kier alpha value is -1.48. The van der Waals surface area contributed by atoms with E-state index in [-0.39, 0.29) is 11.0 Å². The molecule has 4 bridgehead atoms. The number of benzene rings is 1. The molecule has 0 atom stereocenters. The van der Waals surface area contributed by atoms with Gasteiger partial charge in [0.2, 0.25) is 0 Å². The largest absolute Gasteiger partial charge is 0.387 e. The predicted molar refractivity (Wildman–Crippen MR) is 116 cm³/mol. The highest BCUT2D eigenvalue weighted by atomic mass is 35.5. The molecule has 4 fully saturated rings. The third-order valence-electron chi connectivity index (χ3n) is 7.69. The Kier molecular flexibility index (Phi) is 4.14. The second-order valence-corrected chi connectivity index (χ2v) is 11.0. The van der Waals surface area contributed by atoms with E-state index >= 15 is 0 Å². The highest BCUT2D eigenvalue weighted by Gasteiger charge is 2.54. The van der Waals surface area contributed by atoms with Crippen LogP contribution < -0.4 is 10.6 Å². The predicted octanol–water partition coefficient (Wildman–Crippen LogP) is 5.43. The summed E-state index contributed by atoms with van der Waals surface area (Å²) in [5.41, 5.74) is 4.04. The maximum atomic E-state index is 13.6. The molecule has 0 aromatic heterocycles. The molecule has 4 aliphatic carbocycles. The molecule has 28 heavy (non-hydrogen) atoms. The molecule has 2 N–H and O–H groups in total. The molecule has 0 amide bonds. The Balaban J connectivity index is 1.54. The van der Waals surface area contributed by atoms with Crippen LogP contribution in [0.25, 0.3) is 5.70 Å². The second kappa shape index (κ2) is 6.26.